The second kappa shape index (κ2) is 10.7. The molecule has 1 aromatic carbocycles. The van der Waals surface area contributed by atoms with E-state index in [0.29, 0.717) is 17.0 Å². The van der Waals surface area contributed by atoms with E-state index in [4.69, 9.17) is 16.3 Å². The Morgan fingerprint density at radius 3 is 2.52 bits per heavy atom. The van der Waals surface area contributed by atoms with E-state index in [1.54, 1.807) is 6.92 Å². The van der Waals surface area contributed by atoms with E-state index >= 15 is 0 Å². The zero-order valence-electron chi connectivity index (χ0n) is 13.7. The van der Waals surface area contributed by atoms with Crippen LogP contribution in [0.1, 0.15) is 32.3 Å². The number of allylic oxidation sites excluding steroid dienone is 1. The number of rotatable bonds is 9. The Kier molecular flexibility index (Phi) is 8.86. The smallest absolute Gasteiger partial charge is 0.332 e. The first kappa shape index (κ1) is 19.1. The lowest BCUT2D eigenvalue weighted by Gasteiger charge is -2.24. The molecular formula is C18H23ClN2O2. The predicted molar refractivity (Wildman–Crippen MR) is 94.5 cm³/mol. The van der Waals surface area contributed by atoms with Crippen LogP contribution in [0.25, 0.3) is 5.57 Å². The minimum atomic E-state index is -0.500. The molecule has 0 aromatic heterocycles. The average molecular weight is 335 g/mol. The van der Waals surface area contributed by atoms with E-state index in [1.165, 1.54) is 6.08 Å². The maximum absolute atomic E-state index is 11.5. The van der Waals surface area contributed by atoms with Crippen molar-refractivity contribution in [2.45, 2.75) is 26.7 Å². The molecular weight excluding hydrogens is 312 g/mol. The second-order valence-corrected chi connectivity index (χ2v) is 5.38. The molecule has 1 aromatic rings. The molecule has 0 spiro atoms. The lowest BCUT2D eigenvalue weighted by atomic mass is 10.1. The topological polar surface area (TPSA) is 53.3 Å². The van der Waals surface area contributed by atoms with Crippen LogP contribution >= 0.6 is 11.6 Å². The maximum Gasteiger partial charge on any atom is 0.332 e. The van der Waals surface area contributed by atoms with E-state index in [1.807, 2.05) is 30.3 Å². The fraction of sp³-hybridized carbons (Fsp3) is 0.444. The monoisotopic (exact) mass is 334 g/mol. The van der Waals surface area contributed by atoms with Gasteiger partial charge in [-0.25, -0.2) is 4.79 Å². The van der Waals surface area contributed by atoms with Crippen molar-refractivity contribution in [3.63, 3.8) is 0 Å². The summed E-state index contributed by atoms with van der Waals surface area (Å²) in [6.07, 6.45) is 3.45. The number of hydrogen-bond donors (Lipinski definition) is 0. The van der Waals surface area contributed by atoms with E-state index < -0.39 is 5.97 Å². The fourth-order valence-electron chi connectivity index (χ4n) is 2.15. The summed E-state index contributed by atoms with van der Waals surface area (Å²) in [5.74, 6) is 0.0670. The Balaban J connectivity index is 2.92. The highest BCUT2D eigenvalue weighted by Crippen LogP contribution is 2.20. The van der Waals surface area contributed by atoms with Crippen LogP contribution in [-0.4, -0.2) is 31.5 Å². The normalized spacial score (nSPS) is 11.0. The van der Waals surface area contributed by atoms with Crippen molar-refractivity contribution >= 4 is 28.8 Å². The molecule has 0 radical (unpaired) electrons. The largest absolute Gasteiger partial charge is 0.463 e. The summed E-state index contributed by atoms with van der Waals surface area (Å²) in [5.41, 5.74) is 2.06. The number of hydrogen-bond acceptors (Lipinski definition) is 4. The number of unbranched alkanes of at least 4 members (excludes halogenated alkanes) is 1. The number of carbonyl (C=O) groups excluding carboxylic acids is 1. The molecule has 0 bridgehead atoms. The summed E-state index contributed by atoms with van der Waals surface area (Å²) in [5, 5.41) is 9.22. The Morgan fingerprint density at radius 2 is 2.00 bits per heavy atom. The number of alkyl halides is 1. The maximum atomic E-state index is 11.5. The molecule has 0 saturated carbocycles. The number of esters is 1. The lowest BCUT2D eigenvalue weighted by Crippen LogP contribution is -2.26. The van der Waals surface area contributed by atoms with Crippen LogP contribution in [0.4, 0.5) is 5.69 Å². The third-order valence-electron chi connectivity index (χ3n) is 3.35. The molecule has 0 N–H and O–H groups in total. The zero-order valence-corrected chi connectivity index (χ0v) is 14.5. The van der Waals surface area contributed by atoms with E-state index in [2.05, 4.69) is 11.8 Å². The van der Waals surface area contributed by atoms with Gasteiger partial charge in [-0.15, -0.1) is 11.6 Å². The van der Waals surface area contributed by atoms with Gasteiger partial charge in [-0.2, -0.15) is 5.26 Å². The van der Waals surface area contributed by atoms with Gasteiger partial charge in [0.15, 0.2) is 0 Å². The van der Waals surface area contributed by atoms with Crippen LogP contribution < -0.4 is 4.90 Å². The van der Waals surface area contributed by atoms with Crippen LogP contribution in [0, 0.1) is 11.3 Å². The third kappa shape index (κ3) is 6.33. The molecule has 0 fully saturated rings. The van der Waals surface area contributed by atoms with Crippen LogP contribution in [0.3, 0.4) is 0 Å². The van der Waals surface area contributed by atoms with Crippen molar-refractivity contribution in [2.24, 2.45) is 0 Å². The Bertz CT molecular complexity index is 561. The first-order chi connectivity index (χ1) is 11.2. The molecule has 1 rings (SSSR count). The Labute approximate surface area is 143 Å². The van der Waals surface area contributed by atoms with Gasteiger partial charge in [-0.1, -0.05) is 25.5 Å². The molecule has 4 nitrogen and oxygen atoms in total. The van der Waals surface area contributed by atoms with Gasteiger partial charge in [-0.3, -0.25) is 0 Å². The molecule has 5 heteroatoms. The molecule has 0 unspecified atom stereocenters. The predicted octanol–water partition coefficient (Wildman–Crippen LogP) is 4.00. The average Bonchev–Trinajstić information content (AvgIpc) is 2.57. The van der Waals surface area contributed by atoms with Crippen molar-refractivity contribution < 1.29 is 9.53 Å². The first-order valence-electron chi connectivity index (χ1n) is 7.86. The molecule has 0 aliphatic carbocycles. The summed E-state index contributed by atoms with van der Waals surface area (Å²) < 4.78 is 4.84. The minimum Gasteiger partial charge on any atom is -0.463 e. The quantitative estimate of drug-likeness (QED) is 0.296. The number of ether oxygens (including phenoxy) is 1. The second-order valence-electron chi connectivity index (χ2n) is 5.00. The highest BCUT2D eigenvalue weighted by Gasteiger charge is 2.08. The number of halogens is 1. The number of carbonyl (C=O) groups is 1. The van der Waals surface area contributed by atoms with Gasteiger partial charge in [0.2, 0.25) is 0 Å². The Hall–Kier alpha value is -1.99. The van der Waals surface area contributed by atoms with Crippen LogP contribution in [0.5, 0.6) is 0 Å². The van der Waals surface area contributed by atoms with Crippen molar-refractivity contribution in [3.05, 3.63) is 35.9 Å². The SMILES string of the molecule is CCCCN(CCCl)c1ccc(/C(C#N)=C/C(=O)OCC)cc1. The van der Waals surface area contributed by atoms with Gasteiger partial charge in [0.25, 0.3) is 0 Å². The first-order valence-corrected chi connectivity index (χ1v) is 8.39. The van der Waals surface area contributed by atoms with Crippen LogP contribution in [0.2, 0.25) is 0 Å². The molecule has 23 heavy (non-hydrogen) atoms. The molecule has 124 valence electrons. The van der Waals surface area contributed by atoms with Crippen LogP contribution in [-0.2, 0) is 9.53 Å². The lowest BCUT2D eigenvalue weighted by molar-refractivity contribution is -0.137. The minimum absolute atomic E-state index is 0.289. The van der Waals surface area contributed by atoms with Crippen molar-refractivity contribution in [2.75, 3.05) is 30.5 Å². The van der Waals surface area contributed by atoms with Crippen molar-refractivity contribution in [3.8, 4) is 6.07 Å². The van der Waals surface area contributed by atoms with E-state index in [9.17, 15) is 10.1 Å². The van der Waals surface area contributed by atoms with Gasteiger partial charge >= 0.3 is 5.97 Å². The molecule has 0 aliphatic rings. The van der Waals surface area contributed by atoms with Gasteiger partial charge in [-0.05, 0) is 31.0 Å². The van der Waals surface area contributed by atoms with E-state index in [0.717, 1.165) is 31.6 Å². The number of anilines is 1. The van der Waals surface area contributed by atoms with E-state index in [-0.39, 0.29) is 6.61 Å². The summed E-state index contributed by atoms with van der Waals surface area (Å²) in [4.78, 5) is 13.7. The summed E-state index contributed by atoms with van der Waals surface area (Å²) >= 11 is 5.87. The standard InChI is InChI=1S/C18H23ClN2O2/c1-3-5-11-21(12-10-19)17-8-6-15(7-9-17)16(14-20)13-18(22)23-4-2/h6-9,13H,3-5,10-12H2,1-2H3/b16-13+. The highest BCUT2D eigenvalue weighted by molar-refractivity contribution is 6.18. The van der Waals surface area contributed by atoms with Gasteiger partial charge < -0.3 is 9.64 Å². The third-order valence-corrected chi connectivity index (χ3v) is 3.52. The number of nitriles is 1. The molecule has 0 saturated heterocycles. The van der Waals surface area contributed by atoms with Gasteiger partial charge in [0.1, 0.15) is 6.07 Å². The van der Waals surface area contributed by atoms with Crippen molar-refractivity contribution in [1.29, 1.82) is 5.26 Å². The molecule has 0 atom stereocenters. The summed E-state index contributed by atoms with van der Waals surface area (Å²) in [6, 6.07) is 9.63. The van der Waals surface area contributed by atoms with Gasteiger partial charge in [0.05, 0.1) is 12.2 Å². The molecule has 0 amide bonds. The van der Waals surface area contributed by atoms with Crippen molar-refractivity contribution in [1.82, 2.24) is 0 Å². The molecule has 0 aliphatic heterocycles. The fourth-order valence-corrected chi connectivity index (χ4v) is 2.36. The zero-order chi connectivity index (χ0) is 17.1. The molecule has 0 heterocycles. The highest BCUT2D eigenvalue weighted by atomic mass is 35.5. The summed E-state index contributed by atoms with van der Waals surface area (Å²) in [6.45, 7) is 5.91. The van der Waals surface area contributed by atoms with Gasteiger partial charge in [0, 0.05) is 30.7 Å². The number of nitrogens with zero attached hydrogens (tertiary/aromatic N) is 2. The Morgan fingerprint density at radius 1 is 1.30 bits per heavy atom. The number of benzene rings is 1. The van der Waals surface area contributed by atoms with Crippen LogP contribution in [0.15, 0.2) is 30.3 Å². The summed E-state index contributed by atoms with van der Waals surface area (Å²) in [7, 11) is 0.